The van der Waals surface area contributed by atoms with Gasteiger partial charge in [0.15, 0.2) is 0 Å². The number of aryl methyl sites for hydroxylation is 1. The molecule has 8 heteroatoms. The van der Waals surface area contributed by atoms with Gasteiger partial charge >= 0.3 is 0 Å². The third-order valence-corrected chi connectivity index (χ3v) is 6.46. The number of piperidine rings is 1. The highest BCUT2D eigenvalue weighted by Gasteiger charge is 2.26. The molecule has 1 saturated heterocycles. The Hall–Kier alpha value is -3.19. The monoisotopic (exact) mass is 449 g/mol. The van der Waals surface area contributed by atoms with E-state index in [-0.39, 0.29) is 22.9 Å². The average molecular weight is 450 g/mol. The molecule has 0 bridgehead atoms. The van der Waals surface area contributed by atoms with Gasteiger partial charge in [-0.25, -0.2) is 4.52 Å². The Bertz CT molecular complexity index is 1380. The van der Waals surface area contributed by atoms with Gasteiger partial charge in [-0.1, -0.05) is 36.7 Å². The van der Waals surface area contributed by atoms with Crippen LogP contribution in [0.2, 0.25) is 5.02 Å². The van der Waals surface area contributed by atoms with Gasteiger partial charge in [0, 0.05) is 18.1 Å². The first-order valence-electron chi connectivity index (χ1n) is 10.8. The molecule has 1 fully saturated rings. The van der Waals surface area contributed by atoms with Gasteiger partial charge in [0.2, 0.25) is 11.5 Å². The molecule has 3 heterocycles. The summed E-state index contributed by atoms with van der Waals surface area (Å²) >= 11 is 6.02. The van der Waals surface area contributed by atoms with Crippen molar-refractivity contribution in [2.75, 3.05) is 13.1 Å². The van der Waals surface area contributed by atoms with Crippen LogP contribution in [0, 0.1) is 12.8 Å². The fraction of sp³-hybridized carbons (Fsp3) is 0.333. The minimum atomic E-state index is -0.281. The third-order valence-electron chi connectivity index (χ3n) is 6.21. The van der Waals surface area contributed by atoms with E-state index in [2.05, 4.69) is 17.0 Å². The van der Waals surface area contributed by atoms with E-state index >= 15 is 0 Å². The SMILES string of the molecule is Cc1ccc2c(c1)n(Cc1ccc(Cl)cc1)c(=O)c1nc(C(=O)N3CCC(C)CC3)nn12. The number of nitrogens with zero attached hydrogens (tertiary/aromatic N) is 5. The fourth-order valence-corrected chi connectivity index (χ4v) is 4.38. The summed E-state index contributed by atoms with van der Waals surface area (Å²) in [5, 5.41) is 5.11. The molecule has 0 spiro atoms. The summed E-state index contributed by atoms with van der Waals surface area (Å²) in [5.74, 6) is 0.465. The van der Waals surface area contributed by atoms with E-state index in [4.69, 9.17) is 11.6 Å². The molecule has 32 heavy (non-hydrogen) atoms. The van der Waals surface area contributed by atoms with Gasteiger partial charge < -0.3 is 4.90 Å². The molecule has 0 saturated carbocycles. The zero-order chi connectivity index (χ0) is 22.4. The Morgan fingerprint density at radius 1 is 1.09 bits per heavy atom. The van der Waals surface area contributed by atoms with E-state index in [1.165, 1.54) is 4.52 Å². The largest absolute Gasteiger partial charge is 0.336 e. The molecule has 2 aromatic carbocycles. The van der Waals surface area contributed by atoms with Crippen molar-refractivity contribution in [2.45, 2.75) is 33.2 Å². The van der Waals surface area contributed by atoms with Crippen LogP contribution in [0.1, 0.15) is 41.5 Å². The first kappa shape index (κ1) is 20.7. The second-order valence-corrected chi connectivity index (χ2v) is 9.09. The lowest BCUT2D eigenvalue weighted by molar-refractivity contribution is 0.0685. The second-order valence-electron chi connectivity index (χ2n) is 8.66. The van der Waals surface area contributed by atoms with Gasteiger partial charge in [0.1, 0.15) is 0 Å². The Morgan fingerprint density at radius 2 is 1.81 bits per heavy atom. The number of carbonyl (C=O) groups is 1. The molecular formula is C24H24ClN5O2. The Morgan fingerprint density at radius 3 is 2.53 bits per heavy atom. The summed E-state index contributed by atoms with van der Waals surface area (Å²) in [4.78, 5) is 32.7. The van der Waals surface area contributed by atoms with Crippen molar-refractivity contribution in [3.8, 4) is 0 Å². The van der Waals surface area contributed by atoms with E-state index in [9.17, 15) is 9.59 Å². The normalized spacial score (nSPS) is 15.0. The molecule has 1 aliphatic rings. The highest BCUT2D eigenvalue weighted by molar-refractivity contribution is 6.30. The number of fused-ring (bicyclic) bond motifs is 3. The van der Waals surface area contributed by atoms with Crippen LogP contribution in [0.4, 0.5) is 0 Å². The van der Waals surface area contributed by atoms with Crippen molar-refractivity contribution in [2.24, 2.45) is 5.92 Å². The number of amides is 1. The summed E-state index contributed by atoms with van der Waals surface area (Å²) in [6.07, 6.45) is 1.93. The van der Waals surface area contributed by atoms with Crippen LogP contribution in [0.5, 0.6) is 0 Å². The topological polar surface area (TPSA) is 72.5 Å². The molecule has 0 aliphatic carbocycles. The standard InChI is InChI=1S/C24H24ClN5O2/c1-15-9-11-28(12-10-15)23(31)21-26-22-24(32)29(14-17-4-6-18(25)7-5-17)20-13-16(2)3-8-19(20)30(22)27-21/h3-8,13,15H,9-12,14H2,1-2H3. The lowest BCUT2D eigenvalue weighted by Crippen LogP contribution is -2.38. The maximum Gasteiger partial charge on any atom is 0.296 e. The molecule has 1 amide bonds. The number of rotatable bonds is 3. The number of likely N-dealkylation sites (tertiary alicyclic amines) is 1. The van der Waals surface area contributed by atoms with Crippen molar-refractivity contribution < 1.29 is 4.79 Å². The maximum atomic E-state index is 13.5. The second kappa shape index (κ2) is 8.06. The minimum absolute atomic E-state index is 0.0720. The summed E-state index contributed by atoms with van der Waals surface area (Å²) in [6.45, 7) is 5.93. The van der Waals surface area contributed by atoms with E-state index < -0.39 is 0 Å². The van der Waals surface area contributed by atoms with E-state index in [1.54, 1.807) is 21.6 Å². The molecule has 0 atom stereocenters. The van der Waals surface area contributed by atoms with Crippen LogP contribution in [0.3, 0.4) is 0 Å². The molecule has 0 unspecified atom stereocenters. The van der Waals surface area contributed by atoms with Crippen LogP contribution < -0.4 is 5.56 Å². The van der Waals surface area contributed by atoms with Crippen LogP contribution in [-0.4, -0.2) is 43.1 Å². The van der Waals surface area contributed by atoms with E-state index in [0.717, 1.165) is 35.0 Å². The van der Waals surface area contributed by atoms with Crippen molar-refractivity contribution in [3.05, 3.63) is 74.8 Å². The van der Waals surface area contributed by atoms with Gasteiger partial charge in [-0.15, -0.1) is 5.10 Å². The van der Waals surface area contributed by atoms with E-state index in [1.807, 2.05) is 37.3 Å². The number of benzene rings is 2. The summed E-state index contributed by atoms with van der Waals surface area (Å²) < 4.78 is 3.20. The molecule has 164 valence electrons. The molecule has 1 aliphatic heterocycles. The number of carbonyl (C=O) groups excluding carboxylic acids is 1. The quantitative estimate of drug-likeness (QED) is 0.475. The highest BCUT2D eigenvalue weighted by atomic mass is 35.5. The minimum Gasteiger partial charge on any atom is -0.336 e. The number of halogens is 1. The highest BCUT2D eigenvalue weighted by Crippen LogP contribution is 2.20. The van der Waals surface area contributed by atoms with Gasteiger partial charge in [-0.05, 0) is 61.1 Å². The Balaban J connectivity index is 1.64. The molecule has 5 rings (SSSR count). The van der Waals surface area contributed by atoms with Gasteiger partial charge in [-0.2, -0.15) is 4.98 Å². The van der Waals surface area contributed by atoms with Crippen molar-refractivity contribution in [1.29, 1.82) is 0 Å². The lowest BCUT2D eigenvalue weighted by Gasteiger charge is -2.29. The van der Waals surface area contributed by atoms with Gasteiger partial charge in [0.25, 0.3) is 11.5 Å². The van der Waals surface area contributed by atoms with Crippen LogP contribution in [0.25, 0.3) is 16.7 Å². The first-order valence-corrected chi connectivity index (χ1v) is 11.2. The number of aromatic nitrogens is 4. The number of hydrogen-bond acceptors (Lipinski definition) is 4. The van der Waals surface area contributed by atoms with Crippen molar-refractivity contribution in [3.63, 3.8) is 0 Å². The molecule has 4 aromatic rings. The molecule has 2 aromatic heterocycles. The fourth-order valence-electron chi connectivity index (χ4n) is 4.25. The smallest absolute Gasteiger partial charge is 0.296 e. The predicted molar refractivity (Wildman–Crippen MR) is 124 cm³/mol. The summed E-state index contributed by atoms with van der Waals surface area (Å²) in [6, 6.07) is 13.3. The molecular weight excluding hydrogens is 426 g/mol. The van der Waals surface area contributed by atoms with Crippen LogP contribution in [-0.2, 0) is 6.54 Å². The molecule has 0 radical (unpaired) electrons. The van der Waals surface area contributed by atoms with Crippen molar-refractivity contribution >= 4 is 34.2 Å². The molecule has 7 nitrogen and oxygen atoms in total. The van der Waals surface area contributed by atoms with Crippen LogP contribution >= 0.6 is 11.6 Å². The van der Waals surface area contributed by atoms with Gasteiger partial charge in [0.05, 0.1) is 17.6 Å². The Labute approximate surface area is 190 Å². The lowest BCUT2D eigenvalue weighted by atomic mass is 9.99. The van der Waals surface area contributed by atoms with Crippen LogP contribution in [0.15, 0.2) is 47.3 Å². The zero-order valence-corrected chi connectivity index (χ0v) is 18.8. The predicted octanol–water partition coefficient (Wildman–Crippen LogP) is 3.93. The van der Waals surface area contributed by atoms with Crippen molar-refractivity contribution in [1.82, 2.24) is 24.1 Å². The van der Waals surface area contributed by atoms with E-state index in [0.29, 0.717) is 30.6 Å². The van der Waals surface area contributed by atoms with Gasteiger partial charge in [-0.3, -0.25) is 14.2 Å². The zero-order valence-electron chi connectivity index (χ0n) is 18.1. The maximum absolute atomic E-state index is 13.5. The summed E-state index contributed by atoms with van der Waals surface area (Å²) in [7, 11) is 0. The Kier molecular flexibility index (Phi) is 5.21. The number of hydrogen-bond donors (Lipinski definition) is 0. The summed E-state index contributed by atoms with van der Waals surface area (Å²) in [5.41, 5.74) is 3.33. The third kappa shape index (κ3) is 3.66. The first-order chi connectivity index (χ1) is 15.4. The average Bonchev–Trinajstić information content (AvgIpc) is 3.24. The molecule has 0 N–H and O–H groups in total.